The van der Waals surface area contributed by atoms with Gasteiger partial charge in [-0.3, -0.25) is 4.79 Å². The van der Waals surface area contributed by atoms with Gasteiger partial charge in [0.2, 0.25) is 5.56 Å². The van der Waals surface area contributed by atoms with Gasteiger partial charge < -0.3 is 15.7 Å². The summed E-state index contributed by atoms with van der Waals surface area (Å²) in [4.78, 5) is 21.6. The maximum absolute atomic E-state index is 11.2. The molecule has 0 saturated carbocycles. The molecule has 1 aliphatic carbocycles. The molecule has 4 N–H and O–H groups in total. The number of fused-ring (bicyclic) bond motifs is 1. The summed E-state index contributed by atoms with van der Waals surface area (Å²) in [7, 11) is 0. The van der Waals surface area contributed by atoms with Gasteiger partial charge in [-0.25, -0.2) is 4.98 Å². The Morgan fingerprint density at radius 2 is 2.35 bits per heavy atom. The predicted octanol–water partition coefficient (Wildman–Crippen LogP) is 1.10. The van der Waals surface area contributed by atoms with Crippen LogP contribution in [-0.2, 0) is 6.42 Å². The van der Waals surface area contributed by atoms with Crippen LogP contribution < -0.4 is 11.3 Å². The summed E-state index contributed by atoms with van der Waals surface area (Å²) in [6, 6.07) is 3.39. The Hall–Kier alpha value is -1.88. The van der Waals surface area contributed by atoms with Crippen LogP contribution in [0.2, 0.25) is 0 Å². The maximum Gasteiger partial charge on any atom is 0.248 e. The minimum atomic E-state index is -0.124. The first kappa shape index (κ1) is 10.3. The van der Waals surface area contributed by atoms with Gasteiger partial charge in [0, 0.05) is 29.6 Å². The van der Waals surface area contributed by atoms with Gasteiger partial charge in [0.15, 0.2) is 0 Å². The second-order valence-corrected chi connectivity index (χ2v) is 4.39. The Balaban J connectivity index is 2.08. The van der Waals surface area contributed by atoms with Crippen molar-refractivity contribution in [2.75, 3.05) is 0 Å². The molecule has 0 aliphatic heterocycles. The van der Waals surface area contributed by atoms with Crippen LogP contribution in [0.25, 0.3) is 11.4 Å². The van der Waals surface area contributed by atoms with Crippen molar-refractivity contribution >= 4 is 0 Å². The predicted molar refractivity (Wildman–Crippen MR) is 64.5 cm³/mol. The van der Waals surface area contributed by atoms with Crippen LogP contribution in [0, 0.1) is 0 Å². The summed E-state index contributed by atoms with van der Waals surface area (Å²) in [5.74, 6) is 0.735. The van der Waals surface area contributed by atoms with Crippen molar-refractivity contribution < 1.29 is 0 Å². The molecule has 0 radical (unpaired) electrons. The molecule has 3 rings (SSSR count). The number of hydrogen-bond donors (Lipinski definition) is 3. The van der Waals surface area contributed by atoms with Crippen molar-refractivity contribution in [3.8, 4) is 11.4 Å². The number of aryl methyl sites for hydroxylation is 1. The number of aromatic nitrogens is 3. The number of hydrogen-bond acceptors (Lipinski definition) is 3. The number of nitrogens with two attached hydrogens (primary N) is 1. The topological polar surface area (TPSA) is 87.6 Å². The molecule has 0 aromatic carbocycles. The molecule has 17 heavy (non-hydrogen) atoms. The molecule has 0 bridgehead atoms. The highest BCUT2D eigenvalue weighted by Gasteiger charge is 2.21. The second kappa shape index (κ2) is 3.85. The van der Waals surface area contributed by atoms with Crippen molar-refractivity contribution in [2.24, 2.45) is 5.73 Å². The molecule has 0 spiro atoms. The van der Waals surface area contributed by atoms with E-state index in [0.29, 0.717) is 0 Å². The first-order chi connectivity index (χ1) is 8.24. The van der Waals surface area contributed by atoms with Crippen LogP contribution in [-0.4, -0.2) is 15.0 Å². The lowest BCUT2D eigenvalue weighted by atomic mass is 9.97. The Labute approximate surface area is 98.1 Å². The van der Waals surface area contributed by atoms with Gasteiger partial charge in [0.05, 0.1) is 5.69 Å². The van der Waals surface area contributed by atoms with Crippen LogP contribution in [0.4, 0.5) is 0 Å². The van der Waals surface area contributed by atoms with E-state index in [0.717, 1.165) is 42.0 Å². The zero-order valence-electron chi connectivity index (χ0n) is 9.36. The quantitative estimate of drug-likeness (QED) is 0.685. The summed E-state index contributed by atoms with van der Waals surface area (Å²) < 4.78 is 0. The first-order valence-corrected chi connectivity index (χ1v) is 5.77. The summed E-state index contributed by atoms with van der Waals surface area (Å²) in [5.41, 5.74) is 8.76. The summed E-state index contributed by atoms with van der Waals surface area (Å²) in [6.45, 7) is 0. The molecule has 2 aromatic rings. The third kappa shape index (κ3) is 1.78. The molecule has 88 valence electrons. The van der Waals surface area contributed by atoms with E-state index < -0.39 is 0 Å². The van der Waals surface area contributed by atoms with Gasteiger partial charge in [-0.2, -0.15) is 0 Å². The van der Waals surface area contributed by atoms with Crippen molar-refractivity contribution in [3.05, 3.63) is 40.1 Å². The van der Waals surface area contributed by atoms with Gasteiger partial charge in [-0.1, -0.05) is 0 Å². The van der Waals surface area contributed by atoms with Crippen LogP contribution in [0.1, 0.15) is 30.3 Å². The minimum Gasteiger partial charge on any atom is -0.342 e. The molecular formula is C12H14N4O. The van der Waals surface area contributed by atoms with Gasteiger partial charge in [-0.15, -0.1) is 0 Å². The molecule has 5 heteroatoms. The van der Waals surface area contributed by atoms with Crippen LogP contribution in [0.5, 0.6) is 0 Å². The molecule has 0 fully saturated rings. The lowest BCUT2D eigenvalue weighted by Gasteiger charge is -2.15. The van der Waals surface area contributed by atoms with Crippen LogP contribution in [0.15, 0.2) is 23.1 Å². The fourth-order valence-electron chi connectivity index (χ4n) is 2.28. The minimum absolute atomic E-state index is 0.0192. The molecule has 0 amide bonds. The lowest BCUT2D eigenvalue weighted by molar-refractivity contribution is 0.555. The SMILES string of the molecule is NC1CCCc2[nH]c(-c3cc[nH]c(=O)c3)nc21. The second-order valence-electron chi connectivity index (χ2n) is 4.39. The summed E-state index contributed by atoms with van der Waals surface area (Å²) >= 11 is 0. The van der Waals surface area contributed by atoms with E-state index in [-0.39, 0.29) is 11.6 Å². The Bertz CT molecular complexity index is 599. The van der Waals surface area contributed by atoms with Crippen molar-refractivity contribution in [1.29, 1.82) is 0 Å². The maximum atomic E-state index is 11.2. The summed E-state index contributed by atoms with van der Waals surface area (Å²) in [6.07, 6.45) is 4.68. The monoisotopic (exact) mass is 230 g/mol. The van der Waals surface area contributed by atoms with Crippen LogP contribution >= 0.6 is 0 Å². The third-order valence-corrected chi connectivity index (χ3v) is 3.15. The fourth-order valence-corrected chi connectivity index (χ4v) is 2.28. The van der Waals surface area contributed by atoms with Crippen molar-refractivity contribution in [1.82, 2.24) is 15.0 Å². The highest BCUT2D eigenvalue weighted by Crippen LogP contribution is 2.28. The number of nitrogens with zero attached hydrogens (tertiary/aromatic N) is 1. The number of H-pyrrole nitrogens is 2. The van der Waals surface area contributed by atoms with Gasteiger partial charge in [-0.05, 0) is 25.3 Å². The Morgan fingerprint density at radius 1 is 1.47 bits per heavy atom. The van der Waals surface area contributed by atoms with E-state index in [1.165, 1.54) is 6.07 Å². The van der Waals surface area contributed by atoms with E-state index in [2.05, 4.69) is 15.0 Å². The normalized spacial score (nSPS) is 19.0. The molecule has 1 atom stereocenters. The molecule has 0 saturated heterocycles. The molecular weight excluding hydrogens is 216 g/mol. The van der Waals surface area contributed by atoms with Gasteiger partial charge >= 0.3 is 0 Å². The lowest BCUT2D eigenvalue weighted by Crippen LogP contribution is -2.17. The average Bonchev–Trinajstić information content (AvgIpc) is 2.74. The smallest absolute Gasteiger partial charge is 0.248 e. The van der Waals surface area contributed by atoms with E-state index >= 15 is 0 Å². The summed E-state index contributed by atoms with van der Waals surface area (Å²) in [5, 5.41) is 0. The number of pyridine rings is 1. The average molecular weight is 230 g/mol. The van der Waals surface area contributed by atoms with E-state index in [9.17, 15) is 4.79 Å². The highest BCUT2D eigenvalue weighted by atomic mass is 16.1. The molecule has 5 nitrogen and oxygen atoms in total. The highest BCUT2D eigenvalue weighted by molar-refractivity contribution is 5.55. The zero-order valence-corrected chi connectivity index (χ0v) is 9.36. The van der Waals surface area contributed by atoms with E-state index in [1.54, 1.807) is 6.20 Å². The molecule has 2 heterocycles. The number of rotatable bonds is 1. The molecule has 1 aliphatic rings. The third-order valence-electron chi connectivity index (χ3n) is 3.15. The van der Waals surface area contributed by atoms with Crippen molar-refractivity contribution in [2.45, 2.75) is 25.3 Å². The molecule has 2 aromatic heterocycles. The fraction of sp³-hybridized carbons (Fsp3) is 0.333. The van der Waals surface area contributed by atoms with Crippen LogP contribution in [0.3, 0.4) is 0 Å². The Morgan fingerprint density at radius 3 is 3.12 bits per heavy atom. The largest absolute Gasteiger partial charge is 0.342 e. The number of nitrogens with one attached hydrogen (secondary N) is 2. The number of aromatic amines is 2. The molecule has 1 unspecified atom stereocenters. The van der Waals surface area contributed by atoms with Gasteiger partial charge in [0.25, 0.3) is 0 Å². The van der Waals surface area contributed by atoms with Crippen molar-refractivity contribution in [3.63, 3.8) is 0 Å². The number of imidazole rings is 1. The van der Waals surface area contributed by atoms with Gasteiger partial charge in [0.1, 0.15) is 5.82 Å². The van der Waals surface area contributed by atoms with E-state index in [4.69, 9.17) is 5.73 Å². The standard InChI is InChI=1S/C12H14N4O/c13-8-2-1-3-9-11(8)16-12(15-9)7-4-5-14-10(17)6-7/h4-6,8H,1-3,13H2,(H,14,17)(H,15,16). The zero-order chi connectivity index (χ0) is 11.8. The van der Waals surface area contributed by atoms with E-state index in [1.807, 2.05) is 6.07 Å². The Kier molecular flexibility index (Phi) is 2.33. The first-order valence-electron chi connectivity index (χ1n) is 5.77.